The van der Waals surface area contributed by atoms with E-state index in [1.165, 1.54) is 18.2 Å². The van der Waals surface area contributed by atoms with Crippen LogP contribution in [0.4, 0.5) is 15.8 Å². The van der Waals surface area contributed by atoms with E-state index < -0.39 is 11.7 Å². The van der Waals surface area contributed by atoms with Crippen molar-refractivity contribution in [2.45, 2.75) is 0 Å². The zero-order valence-electron chi connectivity index (χ0n) is 9.88. The van der Waals surface area contributed by atoms with Crippen molar-refractivity contribution in [3.8, 4) is 0 Å². The van der Waals surface area contributed by atoms with Gasteiger partial charge in [0, 0.05) is 8.95 Å². The highest BCUT2D eigenvalue weighted by atomic mass is 79.9. The molecule has 3 nitrogen and oxygen atoms in total. The second-order valence-electron chi connectivity index (χ2n) is 3.90. The molecule has 1 amide bonds. The lowest BCUT2D eigenvalue weighted by molar-refractivity contribution is 0.102. The Morgan fingerprint density at radius 1 is 1.30 bits per heavy atom. The summed E-state index contributed by atoms with van der Waals surface area (Å²) in [5, 5.41) is 2.58. The number of nitrogens with one attached hydrogen (secondary N) is 1. The van der Waals surface area contributed by atoms with Crippen molar-refractivity contribution in [3.05, 3.63) is 55.7 Å². The minimum absolute atomic E-state index is 0.0364. The zero-order valence-corrected chi connectivity index (χ0v) is 13.8. The Balaban J connectivity index is 2.38. The van der Waals surface area contributed by atoms with Crippen LogP contribution in [-0.2, 0) is 0 Å². The van der Waals surface area contributed by atoms with Crippen molar-refractivity contribution in [2.24, 2.45) is 0 Å². The third-order valence-corrected chi connectivity index (χ3v) is 3.91. The third-order valence-electron chi connectivity index (χ3n) is 2.51. The van der Waals surface area contributed by atoms with Crippen LogP contribution < -0.4 is 11.1 Å². The molecule has 0 radical (unpaired) electrons. The van der Waals surface area contributed by atoms with Gasteiger partial charge in [-0.25, -0.2) is 4.39 Å². The fourth-order valence-corrected chi connectivity index (χ4v) is 3.22. The van der Waals surface area contributed by atoms with Gasteiger partial charge in [0.05, 0.1) is 22.0 Å². The van der Waals surface area contributed by atoms with Crippen LogP contribution in [0.1, 0.15) is 10.4 Å². The molecule has 0 aliphatic rings. The molecular formula is C13H8Br2ClFN2O. The Morgan fingerprint density at radius 3 is 2.60 bits per heavy atom. The Kier molecular flexibility index (Phi) is 4.67. The number of hydrogen-bond donors (Lipinski definition) is 2. The normalized spacial score (nSPS) is 10.4. The van der Waals surface area contributed by atoms with Crippen molar-refractivity contribution in [3.63, 3.8) is 0 Å². The minimum Gasteiger partial charge on any atom is -0.397 e. The number of halogens is 4. The number of nitrogens with two attached hydrogens (primary N) is 1. The number of anilines is 2. The predicted octanol–water partition coefficient (Wildman–Crippen LogP) is 4.84. The van der Waals surface area contributed by atoms with Crippen LogP contribution in [-0.4, -0.2) is 5.91 Å². The molecule has 2 aromatic rings. The minimum atomic E-state index is -0.693. The Morgan fingerprint density at radius 2 is 2.00 bits per heavy atom. The molecule has 0 heterocycles. The molecule has 2 aromatic carbocycles. The maximum Gasteiger partial charge on any atom is 0.260 e. The largest absolute Gasteiger partial charge is 0.397 e. The maximum atomic E-state index is 13.7. The SMILES string of the molecule is Nc1cc(Br)cc(Br)c1NC(=O)c1c(F)cccc1Cl. The number of benzene rings is 2. The van der Waals surface area contributed by atoms with Crippen LogP contribution >= 0.6 is 43.5 Å². The van der Waals surface area contributed by atoms with E-state index in [-0.39, 0.29) is 10.6 Å². The van der Waals surface area contributed by atoms with Gasteiger partial charge in [-0.1, -0.05) is 33.6 Å². The van der Waals surface area contributed by atoms with Gasteiger partial charge in [-0.3, -0.25) is 4.79 Å². The molecule has 0 fully saturated rings. The molecule has 0 unspecified atom stereocenters. The van der Waals surface area contributed by atoms with Crippen LogP contribution in [0.25, 0.3) is 0 Å². The zero-order chi connectivity index (χ0) is 14.9. The molecule has 0 aliphatic carbocycles. The highest BCUT2D eigenvalue weighted by Gasteiger charge is 2.18. The van der Waals surface area contributed by atoms with Crippen molar-refractivity contribution in [1.29, 1.82) is 0 Å². The second kappa shape index (κ2) is 6.11. The van der Waals surface area contributed by atoms with Gasteiger partial charge in [0.25, 0.3) is 5.91 Å². The number of carbonyl (C=O) groups is 1. The van der Waals surface area contributed by atoms with Gasteiger partial charge in [0.1, 0.15) is 5.82 Å². The highest BCUT2D eigenvalue weighted by Crippen LogP contribution is 2.33. The number of amides is 1. The summed E-state index contributed by atoms with van der Waals surface area (Å²) in [7, 11) is 0. The molecular weight excluding hydrogens is 414 g/mol. The molecule has 0 saturated carbocycles. The lowest BCUT2D eigenvalue weighted by Crippen LogP contribution is -2.16. The molecule has 3 N–H and O–H groups in total. The molecule has 0 spiro atoms. The number of carbonyl (C=O) groups excluding carboxylic acids is 1. The Bertz CT molecular complexity index is 651. The van der Waals surface area contributed by atoms with E-state index in [0.717, 1.165) is 4.47 Å². The van der Waals surface area contributed by atoms with Crippen LogP contribution in [0.15, 0.2) is 39.3 Å². The van der Waals surface area contributed by atoms with E-state index in [0.29, 0.717) is 15.8 Å². The fraction of sp³-hybridized carbons (Fsp3) is 0. The summed E-state index contributed by atoms with van der Waals surface area (Å²) in [6.45, 7) is 0. The van der Waals surface area contributed by atoms with E-state index in [1.807, 2.05) is 0 Å². The summed E-state index contributed by atoms with van der Waals surface area (Å²) in [6, 6.07) is 7.39. The molecule has 0 bridgehead atoms. The summed E-state index contributed by atoms with van der Waals surface area (Å²) in [4.78, 5) is 12.1. The summed E-state index contributed by atoms with van der Waals surface area (Å²) < 4.78 is 15.0. The standard InChI is InChI=1S/C13H8Br2ClFN2O/c14-6-4-7(15)12(10(18)5-6)19-13(20)11-8(16)2-1-3-9(11)17/h1-5H,18H2,(H,19,20). The van der Waals surface area contributed by atoms with Gasteiger partial charge in [-0.2, -0.15) is 0 Å². The smallest absolute Gasteiger partial charge is 0.260 e. The van der Waals surface area contributed by atoms with Crippen molar-refractivity contribution >= 4 is 60.7 Å². The maximum absolute atomic E-state index is 13.7. The summed E-state index contributed by atoms with van der Waals surface area (Å²) in [5.41, 5.74) is 6.30. The third kappa shape index (κ3) is 3.13. The van der Waals surface area contributed by atoms with E-state index in [1.54, 1.807) is 12.1 Å². The van der Waals surface area contributed by atoms with Gasteiger partial charge in [-0.15, -0.1) is 0 Å². The summed E-state index contributed by atoms with van der Waals surface area (Å²) in [5.74, 6) is -1.36. The van der Waals surface area contributed by atoms with E-state index >= 15 is 0 Å². The first kappa shape index (κ1) is 15.3. The molecule has 0 aromatic heterocycles. The van der Waals surface area contributed by atoms with Crippen molar-refractivity contribution in [1.82, 2.24) is 0 Å². The summed E-state index contributed by atoms with van der Waals surface area (Å²) >= 11 is 12.4. The number of hydrogen-bond acceptors (Lipinski definition) is 2. The monoisotopic (exact) mass is 420 g/mol. The Hall–Kier alpha value is -1.11. The molecule has 104 valence electrons. The first-order chi connectivity index (χ1) is 9.40. The molecule has 20 heavy (non-hydrogen) atoms. The highest BCUT2D eigenvalue weighted by molar-refractivity contribution is 9.11. The molecule has 0 atom stereocenters. The van der Waals surface area contributed by atoms with E-state index in [4.69, 9.17) is 17.3 Å². The van der Waals surface area contributed by atoms with Gasteiger partial charge < -0.3 is 11.1 Å². The van der Waals surface area contributed by atoms with E-state index in [9.17, 15) is 9.18 Å². The molecule has 7 heteroatoms. The second-order valence-corrected chi connectivity index (χ2v) is 6.08. The summed E-state index contributed by atoms with van der Waals surface area (Å²) in [6.07, 6.45) is 0. The lowest BCUT2D eigenvalue weighted by Gasteiger charge is -2.12. The molecule has 0 saturated heterocycles. The quantitative estimate of drug-likeness (QED) is 0.681. The first-order valence-electron chi connectivity index (χ1n) is 5.40. The van der Waals surface area contributed by atoms with Crippen LogP contribution in [0.2, 0.25) is 5.02 Å². The van der Waals surface area contributed by atoms with Crippen LogP contribution in [0.3, 0.4) is 0 Å². The van der Waals surface area contributed by atoms with Crippen LogP contribution in [0, 0.1) is 5.82 Å². The Labute approximate surface area is 136 Å². The average Bonchev–Trinajstić information content (AvgIpc) is 2.33. The van der Waals surface area contributed by atoms with Gasteiger partial charge in [0.2, 0.25) is 0 Å². The van der Waals surface area contributed by atoms with Crippen molar-refractivity contribution in [2.75, 3.05) is 11.1 Å². The van der Waals surface area contributed by atoms with E-state index in [2.05, 4.69) is 37.2 Å². The lowest BCUT2D eigenvalue weighted by atomic mass is 10.2. The first-order valence-corrected chi connectivity index (χ1v) is 7.36. The fourth-order valence-electron chi connectivity index (χ4n) is 1.62. The van der Waals surface area contributed by atoms with Crippen LogP contribution in [0.5, 0.6) is 0 Å². The van der Waals surface area contributed by atoms with Gasteiger partial charge in [-0.05, 0) is 40.2 Å². The molecule has 0 aliphatic heterocycles. The van der Waals surface area contributed by atoms with Gasteiger partial charge in [0.15, 0.2) is 0 Å². The molecule has 2 rings (SSSR count). The average molecular weight is 422 g/mol. The number of nitrogen functional groups attached to an aromatic ring is 1. The number of rotatable bonds is 2. The van der Waals surface area contributed by atoms with Gasteiger partial charge >= 0.3 is 0 Å². The van der Waals surface area contributed by atoms with Crippen molar-refractivity contribution < 1.29 is 9.18 Å². The predicted molar refractivity (Wildman–Crippen MR) is 85.6 cm³/mol. The topological polar surface area (TPSA) is 55.1 Å².